The summed E-state index contributed by atoms with van der Waals surface area (Å²) in [6.07, 6.45) is 2.75. The molecule has 0 aliphatic heterocycles. The number of nitrogens with zero attached hydrogens (tertiary/aromatic N) is 1. The van der Waals surface area contributed by atoms with Gasteiger partial charge in [0.15, 0.2) is 0 Å². The molecule has 1 aromatic heterocycles. The highest BCUT2D eigenvalue weighted by Crippen LogP contribution is 2.09. The Kier molecular flexibility index (Phi) is 6.04. The second-order valence-electron chi connectivity index (χ2n) is 6.10. The van der Waals surface area contributed by atoms with Gasteiger partial charge in [-0.05, 0) is 41.8 Å². The van der Waals surface area contributed by atoms with Crippen molar-refractivity contribution < 1.29 is 9.18 Å². The van der Waals surface area contributed by atoms with Gasteiger partial charge in [0.05, 0.1) is 6.54 Å². The van der Waals surface area contributed by atoms with E-state index in [9.17, 15) is 9.18 Å². The van der Waals surface area contributed by atoms with Crippen molar-refractivity contribution in [1.29, 1.82) is 0 Å². The van der Waals surface area contributed by atoms with Gasteiger partial charge in [0.2, 0.25) is 0 Å². The predicted octanol–water partition coefficient (Wildman–Crippen LogP) is 3.72. The Balaban J connectivity index is 1.45. The highest BCUT2D eigenvalue weighted by Gasteiger charge is 2.05. The third-order valence-electron chi connectivity index (χ3n) is 4.16. The number of rotatable bonds is 7. The molecule has 2 amide bonds. The van der Waals surface area contributed by atoms with Gasteiger partial charge in [-0.2, -0.15) is 0 Å². The molecule has 2 aromatic carbocycles. The smallest absolute Gasteiger partial charge is 0.315 e. The lowest BCUT2D eigenvalue weighted by Crippen LogP contribution is -2.36. The van der Waals surface area contributed by atoms with Crippen LogP contribution in [-0.4, -0.2) is 17.1 Å². The largest absolute Gasteiger partial charge is 0.345 e. The molecule has 3 rings (SSSR count). The van der Waals surface area contributed by atoms with Gasteiger partial charge < -0.3 is 15.2 Å². The van der Waals surface area contributed by atoms with E-state index in [2.05, 4.69) is 10.6 Å². The number of carbonyl (C=O) groups is 1. The Hall–Kier alpha value is -3.08. The number of hydrogen-bond acceptors (Lipinski definition) is 1. The summed E-state index contributed by atoms with van der Waals surface area (Å²) < 4.78 is 15.0. The molecule has 0 saturated carbocycles. The van der Waals surface area contributed by atoms with Gasteiger partial charge in [-0.15, -0.1) is 0 Å². The Labute approximate surface area is 152 Å². The lowest BCUT2D eigenvalue weighted by molar-refractivity contribution is 0.240. The molecule has 0 aliphatic rings. The lowest BCUT2D eigenvalue weighted by Gasteiger charge is -2.11. The van der Waals surface area contributed by atoms with Crippen molar-refractivity contribution in [1.82, 2.24) is 15.2 Å². The van der Waals surface area contributed by atoms with E-state index in [1.807, 2.05) is 53.2 Å². The van der Waals surface area contributed by atoms with Gasteiger partial charge in [0.25, 0.3) is 0 Å². The summed E-state index contributed by atoms with van der Waals surface area (Å²) in [7, 11) is 0. The van der Waals surface area contributed by atoms with Crippen LogP contribution < -0.4 is 10.6 Å². The van der Waals surface area contributed by atoms with Gasteiger partial charge in [-0.25, -0.2) is 9.18 Å². The van der Waals surface area contributed by atoms with Gasteiger partial charge >= 0.3 is 6.03 Å². The molecule has 0 aliphatic carbocycles. The summed E-state index contributed by atoms with van der Waals surface area (Å²) in [6, 6.07) is 20.2. The SMILES string of the molecule is O=C(NCCc1ccccc1)NCc1cccn1Cc1ccc(F)cc1. The predicted molar refractivity (Wildman–Crippen MR) is 100 cm³/mol. The minimum Gasteiger partial charge on any atom is -0.345 e. The van der Waals surface area contributed by atoms with Crippen molar-refractivity contribution in [3.8, 4) is 0 Å². The van der Waals surface area contributed by atoms with Crippen LogP contribution in [-0.2, 0) is 19.5 Å². The number of hydrogen-bond donors (Lipinski definition) is 2. The summed E-state index contributed by atoms with van der Waals surface area (Å²) in [4.78, 5) is 12.0. The van der Waals surface area contributed by atoms with E-state index in [1.54, 1.807) is 12.1 Å². The van der Waals surface area contributed by atoms with Crippen LogP contribution >= 0.6 is 0 Å². The van der Waals surface area contributed by atoms with Crippen molar-refractivity contribution in [2.24, 2.45) is 0 Å². The third-order valence-corrected chi connectivity index (χ3v) is 4.16. The van der Waals surface area contributed by atoms with E-state index in [1.165, 1.54) is 17.7 Å². The fourth-order valence-corrected chi connectivity index (χ4v) is 2.75. The first-order valence-electron chi connectivity index (χ1n) is 8.65. The molecule has 0 atom stereocenters. The van der Waals surface area contributed by atoms with E-state index in [4.69, 9.17) is 0 Å². The van der Waals surface area contributed by atoms with Crippen molar-refractivity contribution in [3.05, 3.63) is 95.6 Å². The fraction of sp³-hybridized carbons (Fsp3) is 0.190. The lowest BCUT2D eigenvalue weighted by atomic mass is 10.1. The zero-order valence-corrected chi connectivity index (χ0v) is 14.5. The molecular formula is C21H22FN3O. The molecule has 0 saturated heterocycles. The molecule has 1 heterocycles. The molecule has 2 N–H and O–H groups in total. The fourth-order valence-electron chi connectivity index (χ4n) is 2.75. The van der Waals surface area contributed by atoms with Crippen LogP contribution in [0.5, 0.6) is 0 Å². The van der Waals surface area contributed by atoms with E-state index >= 15 is 0 Å². The van der Waals surface area contributed by atoms with Crippen LogP contribution in [0.15, 0.2) is 72.9 Å². The van der Waals surface area contributed by atoms with Crippen LogP contribution in [0.1, 0.15) is 16.8 Å². The van der Waals surface area contributed by atoms with Gasteiger partial charge in [-0.3, -0.25) is 0 Å². The Bertz CT molecular complexity index is 828. The number of aromatic nitrogens is 1. The molecule has 26 heavy (non-hydrogen) atoms. The highest BCUT2D eigenvalue weighted by atomic mass is 19.1. The topological polar surface area (TPSA) is 46.1 Å². The first kappa shape index (κ1) is 17.7. The van der Waals surface area contributed by atoms with Crippen molar-refractivity contribution in [3.63, 3.8) is 0 Å². The van der Waals surface area contributed by atoms with Crippen molar-refractivity contribution >= 4 is 6.03 Å². The Morgan fingerprint density at radius 2 is 1.65 bits per heavy atom. The molecule has 3 aromatic rings. The van der Waals surface area contributed by atoms with Crippen LogP contribution in [0.2, 0.25) is 0 Å². The minimum atomic E-state index is -0.240. The third kappa shape index (κ3) is 5.21. The zero-order chi connectivity index (χ0) is 18.2. The molecule has 5 heteroatoms. The standard InChI is InChI=1S/C21H22FN3O/c22-19-10-8-18(9-11-19)16-25-14-4-7-20(25)15-24-21(26)23-13-12-17-5-2-1-3-6-17/h1-11,14H,12-13,15-16H2,(H2,23,24,26). The number of benzene rings is 2. The maximum absolute atomic E-state index is 13.0. The minimum absolute atomic E-state index is 0.185. The summed E-state index contributed by atoms with van der Waals surface area (Å²) in [5.74, 6) is -0.240. The van der Waals surface area contributed by atoms with E-state index < -0.39 is 0 Å². The first-order chi connectivity index (χ1) is 12.7. The average molecular weight is 351 g/mol. The second kappa shape index (κ2) is 8.85. The maximum atomic E-state index is 13.0. The van der Waals surface area contributed by atoms with Crippen LogP contribution in [0.3, 0.4) is 0 Å². The van der Waals surface area contributed by atoms with E-state index in [0.717, 1.165) is 17.7 Å². The molecule has 0 spiro atoms. The molecule has 4 nitrogen and oxygen atoms in total. The summed E-state index contributed by atoms with van der Waals surface area (Å²) in [5, 5.41) is 5.74. The maximum Gasteiger partial charge on any atom is 0.315 e. The monoisotopic (exact) mass is 351 g/mol. The molecular weight excluding hydrogens is 329 g/mol. The Morgan fingerprint density at radius 1 is 0.885 bits per heavy atom. The number of carbonyl (C=O) groups excluding carboxylic acids is 1. The number of halogens is 1. The number of urea groups is 1. The van der Waals surface area contributed by atoms with Gasteiger partial charge in [0, 0.05) is 25.0 Å². The molecule has 0 radical (unpaired) electrons. The summed E-state index contributed by atoms with van der Waals surface area (Å²) in [5.41, 5.74) is 3.20. The zero-order valence-electron chi connectivity index (χ0n) is 14.5. The first-order valence-corrected chi connectivity index (χ1v) is 8.65. The quantitative estimate of drug-likeness (QED) is 0.670. The molecule has 0 fully saturated rings. The van der Waals surface area contributed by atoms with Gasteiger partial charge in [0.1, 0.15) is 5.82 Å². The Morgan fingerprint density at radius 3 is 2.42 bits per heavy atom. The van der Waals surface area contributed by atoms with Crippen LogP contribution in [0, 0.1) is 5.82 Å². The highest BCUT2D eigenvalue weighted by molar-refractivity contribution is 5.73. The average Bonchev–Trinajstić information content (AvgIpc) is 3.10. The summed E-state index contributed by atoms with van der Waals surface area (Å²) in [6.45, 7) is 1.66. The van der Waals surface area contributed by atoms with E-state index in [-0.39, 0.29) is 11.8 Å². The van der Waals surface area contributed by atoms with Crippen LogP contribution in [0.4, 0.5) is 9.18 Å². The normalized spacial score (nSPS) is 10.5. The molecule has 0 bridgehead atoms. The van der Waals surface area contributed by atoms with Crippen LogP contribution in [0.25, 0.3) is 0 Å². The van der Waals surface area contributed by atoms with E-state index in [0.29, 0.717) is 19.6 Å². The summed E-state index contributed by atoms with van der Waals surface area (Å²) >= 11 is 0. The second-order valence-corrected chi connectivity index (χ2v) is 6.10. The number of nitrogens with one attached hydrogen (secondary N) is 2. The van der Waals surface area contributed by atoms with Gasteiger partial charge in [-0.1, -0.05) is 42.5 Å². The molecule has 0 unspecified atom stereocenters. The van der Waals surface area contributed by atoms with Crippen molar-refractivity contribution in [2.75, 3.05) is 6.54 Å². The molecule has 134 valence electrons. The number of amides is 2. The van der Waals surface area contributed by atoms with Crippen molar-refractivity contribution in [2.45, 2.75) is 19.5 Å².